The molecule has 4 heterocycles. The molecule has 2 saturated heterocycles. The van der Waals surface area contributed by atoms with E-state index >= 15 is 0 Å². The molecule has 0 radical (unpaired) electrons. The SMILES string of the molecule is N#Cc1ccc(-n2ccc3c(OC=C4[C@@H]5CC[C@@H]4N5C(=O)C(F)(F)F)ncnc32)c(Cl)c1. The highest BCUT2D eigenvalue weighted by Crippen LogP contribution is 2.47. The molecular formula is C21H13ClF3N5O2. The third-order valence-electron chi connectivity index (χ3n) is 5.72. The first-order valence-electron chi connectivity index (χ1n) is 9.58. The summed E-state index contributed by atoms with van der Waals surface area (Å²) in [5.74, 6) is -1.59. The second-order valence-electron chi connectivity index (χ2n) is 7.43. The van der Waals surface area contributed by atoms with Crippen LogP contribution in [0.1, 0.15) is 18.4 Å². The van der Waals surface area contributed by atoms with E-state index in [2.05, 4.69) is 9.97 Å². The van der Waals surface area contributed by atoms with Gasteiger partial charge in [-0.1, -0.05) is 11.6 Å². The van der Waals surface area contributed by atoms with Gasteiger partial charge in [-0.05, 0) is 37.1 Å². The van der Waals surface area contributed by atoms with Crippen LogP contribution in [-0.4, -0.2) is 43.6 Å². The van der Waals surface area contributed by atoms with Crippen LogP contribution >= 0.6 is 11.6 Å². The molecule has 3 aliphatic rings. The van der Waals surface area contributed by atoms with Gasteiger partial charge in [0.1, 0.15) is 6.33 Å². The fourth-order valence-corrected chi connectivity index (χ4v) is 4.58. The molecule has 2 aromatic heterocycles. The van der Waals surface area contributed by atoms with E-state index in [1.807, 2.05) is 6.07 Å². The highest BCUT2D eigenvalue weighted by molar-refractivity contribution is 6.32. The standard InChI is InChI=1S/C21H13ClF3N5O2/c22-14-7-11(8-26)1-2-17(14)29-6-5-12-18(29)27-10-28-19(12)32-9-13-15-3-4-16(13)30(15)20(31)21(23,24)25/h1-2,5-7,9-10,15-16H,3-4H2/t15-,16-/m0/s1. The fraction of sp³-hybridized carbons (Fsp3) is 0.238. The summed E-state index contributed by atoms with van der Waals surface area (Å²) in [6.45, 7) is 0. The van der Waals surface area contributed by atoms with Crippen molar-refractivity contribution in [3.05, 3.63) is 59.2 Å². The van der Waals surface area contributed by atoms with E-state index in [4.69, 9.17) is 21.6 Å². The van der Waals surface area contributed by atoms with E-state index in [1.54, 1.807) is 35.0 Å². The molecule has 6 rings (SSSR count). The van der Waals surface area contributed by atoms with Crippen molar-refractivity contribution in [3.63, 3.8) is 0 Å². The maximum Gasteiger partial charge on any atom is 0.471 e. The van der Waals surface area contributed by atoms with Crippen molar-refractivity contribution in [3.8, 4) is 17.6 Å². The average molecular weight is 460 g/mol. The van der Waals surface area contributed by atoms with Crippen LogP contribution in [0.3, 0.4) is 0 Å². The number of amides is 1. The van der Waals surface area contributed by atoms with Gasteiger partial charge in [-0.2, -0.15) is 18.4 Å². The lowest BCUT2D eigenvalue weighted by Crippen LogP contribution is -2.58. The number of carbonyl (C=O) groups is 1. The van der Waals surface area contributed by atoms with E-state index in [0.717, 1.165) is 4.90 Å². The largest absolute Gasteiger partial charge is 0.471 e. The summed E-state index contributed by atoms with van der Waals surface area (Å²) < 4.78 is 45.8. The highest BCUT2D eigenvalue weighted by atomic mass is 35.5. The summed E-state index contributed by atoms with van der Waals surface area (Å²) in [6, 6.07) is 7.43. The maximum absolute atomic E-state index is 12.8. The van der Waals surface area contributed by atoms with Crippen LogP contribution < -0.4 is 4.74 Å². The Morgan fingerprint density at radius 3 is 2.66 bits per heavy atom. The number of benzene rings is 1. The summed E-state index contributed by atoms with van der Waals surface area (Å²) in [6.07, 6.45) is 0.462. The summed E-state index contributed by atoms with van der Waals surface area (Å²) >= 11 is 6.31. The molecule has 162 valence electrons. The van der Waals surface area contributed by atoms with Gasteiger partial charge in [0.2, 0.25) is 5.88 Å². The number of halogens is 4. The number of carbonyl (C=O) groups excluding carboxylic acids is 1. The van der Waals surface area contributed by atoms with Gasteiger partial charge in [-0.25, -0.2) is 9.97 Å². The minimum Gasteiger partial charge on any atom is -0.446 e. The Morgan fingerprint density at radius 2 is 2.00 bits per heavy atom. The van der Waals surface area contributed by atoms with E-state index in [9.17, 15) is 18.0 Å². The summed E-state index contributed by atoms with van der Waals surface area (Å²) in [7, 11) is 0. The second kappa shape index (κ2) is 7.24. The zero-order valence-corrected chi connectivity index (χ0v) is 16.9. The zero-order valence-electron chi connectivity index (χ0n) is 16.2. The third kappa shape index (κ3) is 3.08. The highest BCUT2D eigenvalue weighted by Gasteiger charge is 2.58. The minimum absolute atomic E-state index is 0.228. The number of alkyl halides is 3. The first-order chi connectivity index (χ1) is 15.3. The van der Waals surface area contributed by atoms with Gasteiger partial charge in [0.05, 0.1) is 46.1 Å². The van der Waals surface area contributed by atoms with E-state index in [-0.39, 0.29) is 5.88 Å². The Kier molecular flexibility index (Phi) is 4.60. The van der Waals surface area contributed by atoms with Gasteiger partial charge in [0, 0.05) is 11.8 Å². The first-order valence-corrected chi connectivity index (χ1v) is 9.95. The van der Waals surface area contributed by atoms with Crippen LogP contribution in [0, 0.1) is 11.3 Å². The second-order valence-corrected chi connectivity index (χ2v) is 7.84. The predicted octanol–water partition coefficient (Wildman–Crippen LogP) is 4.14. The molecule has 1 amide bonds. The Bertz CT molecular complexity index is 1310. The smallest absolute Gasteiger partial charge is 0.446 e. The Morgan fingerprint density at radius 1 is 1.25 bits per heavy atom. The van der Waals surface area contributed by atoms with Gasteiger partial charge >= 0.3 is 12.1 Å². The lowest BCUT2D eigenvalue weighted by Gasteiger charge is -2.43. The van der Waals surface area contributed by atoms with E-state index in [1.165, 1.54) is 12.6 Å². The number of nitriles is 1. The molecule has 0 spiro atoms. The quantitative estimate of drug-likeness (QED) is 0.549. The molecule has 1 aliphatic carbocycles. The maximum atomic E-state index is 12.8. The van der Waals surface area contributed by atoms with E-state index in [0.29, 0.717) is 45.7 Å². The fourth-order valence-electron chi connectivity index (χ4n) is 4.30. The zero-order chi connectivity index (χ0) is 22.6. The van der Waals surface area contributed by atoms with Crippen LogP contribution in [0.5, 0.6) is 5.88 Å². The topological polar surface area (TPSA) is 84.0 Å². The van der Waals surface area contributed by atoms with Crippen molar-refractivity contribution in [2.75, 3.05) is 0 Å². The average Bonchev–Trinajstić information content (AvgIpc) is 3.48. The van der Waals surface area contributed by atoms with Gasteiger partial charge in [0.25, 0.3) is 0 Å². The van der Waals surface area contributed by atoms with Crippen molar-refractivity contribution in [1.29, 1.82) is 5.26 Å². The van der Waals surface area contributed by atoms with Gasteiger partial charge in [-0.3, -0.25) is 9.36 Å². The summed E-state index contributed by atoms with van der Waals surface area (Å²) in [5, 5.41) is 9.95. The van der Waals surface area contributed by atoms with Crippen molar-refractivity contribution in [1.82, 2.24) is 19.4 Å². The van der Waals surface area contributed by atoms with Crippen LogP contribution in [0.25, 0.3) is 16.7 Å². The van der Waals surface area contributed by atoms with Crippen molar-refractivity contribution < 1.29 is 22.7 Å². The molecule has 0 N–H and O–H groups in total. The van der Waals surface area contributed by atoms with Crippen molar-refractivity contribution in [2.24, 2.45) is 0 Å². The van der Waals surface area contributed by atoms with Gasteiger partial charge in [0.15, 0.2) is 5.65 Å². The molecule has 3 fully saturated rings. The van der Waals surface area contributed by atoms with Gasteiger partial charge < -0.3 is 9.64 Å². The van der Waals surface area contributed by atoms with Crippen LogP contribution in [0.4, 0.5) is 13.2 Å². The molecular weight excluding hydrogens is 447 g/mol. The normalized spacial score (nSPS) is 19.6. The predicted molar refractivity (Wildman–Crippen MR) is 107 cm³/mol. The third-order valence-corrected chi connectivity index (χ3v) is 6.02. The molecule has 2 atom stereocenters. The molecule has 3 aromatic rings. The lowest BCUT2D eigenvalue weighted by molar-refractivity contribution is -0.190. The molecule has 7 nitrogen and oxygen atoms in total. The molecule has 0 unspecified atom stereocenters. The van der Waals surface area contributed by atoms with E-state index < -0.39 is 24.2 Å². The number of rotatable bonds is 3. The Hall–Kier alpha value is -3.58. The first kappa shape index (κ1) is 20.3. The number of fused-ring (bicyclic) bond motifs is 2. The molecule has 32 heavy (non-hydrogen) atoms. The lowest BCUT2D eigenvalue weighted by atomic mass is 9.96. The Balaban J connectivity index is 1.42. The molecule has 1 aromatic carbocycles. The molecule has 2 bridgehead atoms. The van der Waals surface area contributed by atoms with Crippen molar-refractivity contribution in [2.45, 2.75) is 31.1 Å². The van der Waals surface area contributed by atoms with Gasteiger partial charge in [-0.15, -0.1) is 0 Å². The molecule has 11 heteroatoms. The van der Waals surface area contributed by atoms with Crippen LogP contribution in [0.2, 0.25) is 5.02 Å². The molecule has 2 aliphatic heterocycles. The number of aromatic nitrogens is 3. The Labute approximate surface area is 184 Å². The number of nitrogens with zero attached hydrogens (tertiary/aromatic N) is 5. The molecule has 1 saturated carbocycles. The van der Waals surface area contributed by atoms with Crippen LogP contribution in [-0.2, 0) is 4.79 Å². The minimum atomic E-state index is -4.89. The number of hydrogen-bond acceptors (Lipinski definition) is 5. The van der Waals surface area contributed by atoms with Crippen molar-refractivity contribution >= 4 is 28.5 Å². The van der Waals surface area contributed by atoms with Crippen LogP contribution in [0.15, 0.2) is 48.6 Å². The summed E-state index contributed by atoms with van der Waals surface area (Å²) in [5.41, 5.74) is 2.19. The summed E-state index contributed by atoms with van der Waals surface area (Å²) in [4.78, 5) is 20.9. The monoisotopic (exact) mass is 459 g/mol. The number of ether oxygens (including phenoxy) is 1. The number of hydrogen-bond donors (Lipinski definition) is 0.